The quantitative estimate of drug-likeness (QED) is 0.622. The summed E-state index contributed by atoms with van der Waals surface area (Å²) >= 11 is 0. The number of nitrogens with two attached hydrogens (primary N) is 1. The van der Waals surface area contributed by atoms with Crippen LogP contribution in [-0.4, -0.2) is 30.0 Å². The second-order valence-corrected chi connectivity index (χ2v) is 5.04. The molecule has 2 rings (SSSR count). The van der Waals surface area contributed by atoms with Gasteiger partial charge in [0, 0.05) is 29.8 Å². The Kier molecular flexibility index (Phi) is 3.89. The van der Waals surface area contributed by atoms with Gasteiger partial charge in [-0.25, -0.2) is 0 Å². The number of hydrogen-bond acceptors (Lipinski definition) is 5. The summed E-state index contributed by atoms with van der Waals surface area (Å²) < 4.78 is 4.93. The van der Waals surface area contributed by atoms with Crippen molar-refractivity contribution in [3.63, 3.8) is 0 Å². The maximum atomic E-state index is 12.0. The molecule has 0 heterocycles. The molecule has 1 aliphatic carbocycles. The summed E-state index contributed by atoms with van der Waals surface area (Å²) in [5.41, 5.74) is 5.86. The number of hydrogen-bond donors (Lipinski definition) is 2. The van der Waals surface area contributed by atoms with E-state index in [4.69, 9.17) is 10.5 Å². The molecule has 1 aromatic rings. The molecule has 0 unspecified atom stereocenters. The van der Waals surface area contributed by atoms with Crippen molar-refractivity contribution in [2.75, 3.05) is 13.7 Å². The molecule has 0 aromatic heterocycles. The van der Waals surface area contributed by atoms with Crippen molar-refractivity contribution in [1.29, 1.82) is 0 Å². The highest BCUT2D eigenvalue weighted by Gasteiger charge is 2.32. The topological polar surface area (TPSA) is 107 Å². The van der Waals surface area contributed by atoms with Gasteiger partial charge in [-0.1, -0.05) is 0 Å². The van der Waals surface area contributed by atoms with Crippen LogP contribution in [0.5, 0.6) is 5.75 Å². The van der Waals surface area contributed by atoms with Gasteiger partial charge in [0.1, 0.15) is 0 Å². The summed E-state index contributed by atoms with van der Waals surface area (Å²) in [6.45, 7) is 0.408. The Morgan fingerprint density at radius 2 is 2.25 bits per heavy atom. The lowest BCUT2D eigenvalue weighted by Crippen LogP contribution is -2.54. The molecular weight excluding hydrogens is 262 g/mol. The highest BCUT2D eigenvalue weighted by atomic mass is 16.6. The molecule has 20 heavy (non-hydrogen) atoms. The smallest absolute Gasteiger partial charge is 0.310 e. The lowest BCUT2D eigenvalue weighted by molar-refractivity contribution is -0.385. The first kappa shape index (κ1) is 14.3. The minimum Gasteiger partial charge on any atom is -0.490 e. The van der Waals surface area contributed by atoms with Crippen LogP contribution in [0.3, 0.4) is 0 Å². The molecule has 3 N–H and O–H groups in total. The molecule has 0 radical (unpaired) electrons. The molecule has 0 bridgehead atoms. The van der Waals surface area contributed by atoms with Crippen LogP contribution < -0.4 is 15.8 Å². The van der Waals surface area contributed by atoms with Gasteiger partial charge in [-0.3, -0.25) is 14.9 Å². The third kappa shape index (κ3) is 2.88. The number of nitro benzene ring substituents is 1. The second-order valence-electron chi connectivity index (χ2n) is 5.04. The third-order valence-electron chi connectivity index (χ3n) is 3.59. The normalized spacial score (nSPS) is 16.1. The third-order valence-corrected chi connectivity index (χ3v) is 3.59. The average Bonchev–Trinajstić information content (AvgIpc) is 2.41. The largest absolute Gasteiger partial charge is 0.490 e. The van der Waals surface area contributed by atoms with Gasteiger partial charge in [0.15, 0.2) is 5.75 Å². The van der Waals surface area contributed by atoms with Crippen molar-refractivity contribution in [1.82, 2.24) is 5.32 Å². The maximum absolute atomic E-state index is 12.0. The standard InChI is InChI=1S/C13H17N3O4/c1-20-11-7-9(3-4-10(11)16(18)19)12(17)15-8-13(14)5-2-6-13/h3-4,7H,2,5-6,8,14H2,1H3,(H,15,17). The molecule has 0 saturated heterocycles. The molecule has 1 amide bonds. The van der Waals surface area contributed by atoms with Gasteiger partial charge in [0.05, 0.1) is 12.0 Å². The Labute approximate surface area is 116 Å². The van der Waals surface area contributed by atoms with E-state index in [0.29, 0.717) is 12.1 Å². The molecular formula is C13H17N3O4. The lowest BCUT2D eigenvalue weighted by Gasteiger charge is -2.38. The zero-order chi connectivity index (χ0) is 14.8. The highest BCUT2D eigenvalue weighted by Crippen LogP contribution is 2.29. The van der Waals surface area contributed by atoms with E-state index in [9.17, 15) is 14.9 Å². The van der Waals surface area contributed by atoms with Gasteiger partial charge < -0.3 is 15.8 Å². The van der Waals surface area contributed by atoms with Crippen LogP contribution in [0.1, 0.15) is 29.6 Å². The van der Waals surface area contributed by atoms with E-state index in [1.54, 1.807) is 0 Å². The molecule has 0 aliphatic heterocycles. The zero-order valence-electron chi connectivity index (χ0n) is 11.2. The summed E-state index contributed by atoms with van der Waals surface area (Å²) in [4.78, 5) is 22.2. The van der Waals surface area contributed by atoms with Crippen molar-refractivity contribution in [2.45, 2.75) is 24.8 Å². The minimum atomic E-state index is -0.552. The number of benzene rings is 1. The number of carbonyl (C=O) groups excluding carboxylic acids is 1. The van der Waals surface area contributed by atoms with Gasteiger partial charge in [-0.05, 0) is 25.3 Å². The predicted octanol–water partition coefficient (Wildman–Crippen LogP) is 1.21. The summed E-state index contributed by atoms with van der Waals surface area (Å²) in [5.74, 6) is -0.247. The number of nitrogens with zero attached hydrogens (tertiary/aromatic N) is 1. The second kappa shape index (κ2) is 5.46. The Balaban J connectivity index is 2.08. The molecule has 1 saturated carbocycles. The van der Waals surface area contributed by atoms with E-state index in [0.717, 1.165) is 19.3 Å². The number of nitro groups is 1. The van der Waals surface area contributed by atoms with E-state index in [1.165, 1.54) is 25.3 Å². The number of methoxy groups -OCH3 is 1. The van der Waals surface area contributed by atoms with E-state index in [-0.39, 0.29) is 22.9 Å². The van der Waals surface area contributed by atoms with Crippen molar-refractivity contribution >= 4 is 11.6 Å². The van der Waals surface area contributed by atoms with Crippen molar-refractivity contribution < 1.29 is 14.5 Å². The fraction of sp³-hybridized carbons (Fsp3) is 0.462. The highest BCUT2D eigenvalue weighted by molar-refractivity contribution is 5.95. The van der Waals surface area contributed by atoms with E-state index in [2.05, 4.69) is 5.32 Å². The molecule has 7 nitrogen and oxygen atoms in total. The molecule has 1 fully saturated rings. The van der Waals surface area contributed by atoms with Crippen LogP contribution in [0.2, 0.25) is 0 Å². The van der Waals surface area contributed by atoms with Gasteiger partial charge >= 0.3 is 5.69 Å². The van der Waals surface area contributed by atoms with Gasteiger partial charge in [-0.15, -0.1) is 0 Å². The SMILES string of the molecule is COc1cc(C(=O)NCC2(N)CCC2)ccc1[N+](=O)[O-]. The van der Waals surface area contributed by atoms with Crippen LogP contribution in [-0.2, 0) is 0 Å². The molecule has 1 aliphatic rings. The number of ether oxygens (including phenoxy) is 1. The molecule has 108 valence electrons. The first-order valence-corrected chi connectivity index (χ1v) is 6.35. The predicted molar refractivity (Wildman–Crippen MR) is 72.8 cm³/mol. The van der Waals surface area contributed by atoms with Crippen molar-refractivity contribution in [3.05, 3.63) is 33.9 Å². The summed E-state index contributed by atoms with van der Waals surface area (Å²) in [5, 5.41) is 13.5. The average molecular weight is 279 g/mol. The Hall–Kier alpha value is -2.15. The van der Waals surface area contributed by atoms with E-state index >= 15 is 0 Å². The lowest BCUT2D eigenvalue weighted by atomic mass is 9.78. The first-order chi connectivity index (χ1) is 9.45. The van der Waals surface area contributed by atoms with Crippen molar-refractivity contribution in [2.24, 2.45) is 5.73 Å². The van der Waals surface area contributed by atoms with Crippen LogP contribution in [0, 0.1) is 10.1 Å². The van der Waals surface area contributed by atoms with Crippen LogP contribution in [0.4, 0.5) is 5.69 Å². The van der Waals surface area contributed by atoms with Gasteiger partial charge in [0.25, 0.3) is 5.91 Å². The van der Waals surface area contributed by atoms with Crippen LogP contribution >= 0.6 is 0 Å². The zero-order valence-corrected chi connectivity index (χ0v) is 11.2. The van der Waals surface area contributed by atoms with Crippen molar-refractivity contribution in [3.8, 4) is 5.75 Å². The summed E-state index contributed by atoms with van der Waals surface area (Å²) in [6, 6.07) is 4.02. The Morgan fingerprint density at radius 3 is 2.75 bits per heavy atom. The molecule has 0 spiro atoms. The number of rotatable bonds is 5. The van der Waals surface area contributed by atoms with E-state index in [1.807, 2.05) is 0 Å². The molecule has 1 aromatic carbocycles. The van der Waals surface area contributed by atoms with Gasteiger partial charge in [-0.2, -0.15) is 0 Å². The van der Waals surface area contributed by atoms with Gasteiger partial charge in [0.2, 0.25) is 0 Å². The number of amides is 1. The van der Waals surface area contributed by atoms with Crippen LogP contribution in [0.15, 0.2) is 18.2 Å². The molecule has 0 atom stereocenters. The van der Waals surface area contributed by atoms with E-state index < -0.39 is 4.92 Å². The fourth-order valence-electron chi connectivity index (χ4n) is 2.14. The minimum absolute atomic E-state index is 0.0637. The Bertz CT molecular complexity index is 540. The summed E-state index contributed by atoms with van der Waals surface area (Å²) in [6.07, 6.45) is 2.88. The first-order valence-electron chi connectivity index (χ1n) is 6.35. The maximum Gasteiger partial charge on any atom is 0.310 e. The summed E-state index contributed by atoms with van der Waals surface area (Å²) in [7, 11) is 1.33. The number of carbonyl (C=O) groups is 1. The number of nitrogens with one attached hydrogen (secondary N) is 1. The molecule has 7 heteroatoms. The van der Waals surface area contributed by atoms with Crippen LogP contribution in [0.25, 0.3) is 0 Å². The monoisotopic (exact) mass is 279 g/mol. The Morgan fingerprint density at radius 1 is 1.55 bits per heavy atom. The fourth-order valence-corrected chi connectivity index (χ4v) is 2.14.